The summed E-state index contributed by atoms with van der Waals surface area (Å²) in [5.74, 6) is -2.95. The van der Waals surface area contributed by atoms with Crippen molar-refractivity contribution in [1.29, 1.82) is 0 Å². The van der Waals surface area contributed by atoms with Crippen LogP contribution < -0.4 is 5.32 Å². The molecule has 0 spiro atoms. The van der Waals surface area contributed by atoms with Gasteiger partial charge in [0.05, 0.1) is 59.6 Å². The summed E-state index contributed by atoms with van der Waals surface area (Å²) in [5.41, 5.74) is 3.86. The average Bonchev–Trinajstić information content (AvgIpc) is 3.49. The Kier molecular flexibility index (Phi) is 12.6. The van der Waals surface area contributed by atoms with Crippen LogP contribution in [-0.2, 0) is 20.7 Å². The zero-order valence-corrected chi connectivity index (χ0v) is 31.9. The number of ether oxygens (including phenoxy) is 2. The fraction of sp³-hybridized carbons (Fsp3) is 0.375. The van der Waals surface area contributed by atoms with Crippen molar-refractivity contribution in [2.24, 2.45) is 4.99 Å². The van der Waals surface area contributed by atoms with E-state index >= 15 is 4.39 Å². The highest BCUT2D eigenvalue weighted by atomic mass is 35.5. The highest BCUT2D eigenvalue weighted by molar-refractivity contribution is 6.30. The van der Waals surface area contributed by atoms with Crippen LogP contribution in [0.5, 0.6) is 0 Å². The molecule has 3 atom stereocenters. The Labute approximate surface area is 317 Å². The quantitative estimate of drug-likeness (QED) is 0.116. The lowest BCUT2D eigenvalue weighted by Gasteiger charge is -2.39. The molecule has 1 aliphatic rings. The summed E-state index contributed by atoms with van der Waals surface area (Å²) < 4.78 is 56.2. The second kappa shape index (κ2) is 17.0. The van der Waals surface area contributed by atoms with Gasteiger partial charge in [0.15, 0.2) is 0 Å². The van der Waals surface area contributed by atoms with Gasteiger partial charge in [-0.05, 0) is 100 Å². The van der Waals surface area contributed by atoms with Gasteiger partial charge in [0.2, 0.25) is 5.91 Å². The predicted octanol–water partition coefficient (Wildman–Crippen LogP) is 9.04. The number of hydrogen-bond acceptors (Lipinski definition) is 7. The minimum atomic E-state index is -0.861. The number of nitrogens with one attached hydrogen (secondary N) is 2. The topological polar surface area (TPSA) is 122 Å². The van der Waals surface area contributed by atoms with E-state index in [4.69, 9.17) is 26.1 Å². The highest BCUT2D eigenvalue weighted by Gasteiger charge is 2.37. The van der Waals surface area contributed by atoms with Gasteiger partial charge >= 0.3 is 6.09 Å². The number of benzene rings is 2. The third kappa shape index (κ3) is 9.94. The number of nitrogens with zero attached hydrogens (tertiary/aromatic N) is 4. The normalized spacial score (nSPS) is 17.2. The van der Waals surface area contributed by atoms with E-state index in [0.29, 0.717) is 11.4 Å². The summed E-state index contributed by atoms with van der Waals surface area (Å²) in [6.45, 7) is 13.5. The van der Waals surface area contributed by atoms with Crippen molar-refractivity contribution in [2.45, 2.75) is 77.5 Å². The number of imidazole rings is 1. The zero-order valence-electron chi connectivity index (χ0n) is 31.1. The Hall–Kier alpha value is -5.01. The summed E-state index contributed by atoms with van der Waals surface area (Å²) in [4.78, 5) is 44.3. The summed E-state index contributed by atoms with van der Waals surface area (Å²) >= 11 is 5.88. The van der Waals surface area contributed by atoms with Crippen LogP contribution in [0.4, 0.5) is 23.7 Å². The summed E-state index contributed by atoms with van der Waals surface area (Å²) in [7, 11) is 1.40. The molecule has 2 aromatic heterocycles. The molecule has 2 N–H and O–H groups in total. The molecule has 0 radical (unpaired) electrons. The number of aryl methyl sites for hydroxylation is 2. The van der Waals surface area contributed by atoms with Gasteiger partial charge < -0.3 is 19.8 Å². The standard InChI is InChI=1S/C40H44ClF3N6O4/c1-22-13-33-34(14-23(22)2)49-38(48-33)36-21-53-27(20-50(36)39(52)54-40(4,5)6)9-10-28-32(44)18-46-19-35(28)47-37(51)16-29(24(3)12-26(42)17-45-7)25-8-11-30(41)31(43)15-25/h8,11-15,17-19,27,29,36H,3,9-10,16,20-21H2,1-2,4-7H3,(H,47,51)(H,48,49)/b26-12+,45-17?/t27-,29-,36+/m1/s1. The monoisotopic (exact) mass is 764 g/mol. The van der Waals surface area contributed by atoms with Crippen LogP contribution in [0.15, 0.2) is 71.8 Å². The molecule has 10 nitrogen and oxygen atoms in total. The first-order valence-corrected chi connectivity index (χ1v) is 17.8. The molecule has 286 valence electrons. The number of anilines is 1. The molecule has 0 bridgehead atoms. The van der Waals surface area contributed by atoms with Gasteiger partial charge in [-0.25, -0.2) is 22.9 Å². The Bertz CT molecular complexity index is 2070. The molecular formula is C40H44ClF3N6O4. The van der Waals surface area contributed by atoms with Crippen LogP contribution in [0.1, 0.15) is 73.7 Å². The first kappa shape index (κ1) is 40.2. The van der Waals surface area contributed by atoms with E-state index in [2.05, 4.69) is 26.9 Å². The number of hydrogen-bond donors (Lipinski definition) is 2. The number of carbonyl (C=O) groups is 2. The summed E-state index contributed by atoms with van der Waals surface area (Å²) in [6.07, 6.45) is 3.52. The number of allylic oxidation sites excluding steroid dienone is 3. The van der Waals surface area contributed by atoms with Crippen molar-refractivity contribution in [3.63, 3.8) is 0 Å². The molecule has 3 heterocycles. The molecule has 1 aliphatic heterocycles. The maximum absolute atomic E-state index is 15.4. The van der Waals surface area contributed by atoms with Crippen molar-refractivity contribution < 1.29 is 32.2 Å². The number of pyridine rings is 1. The van der Waals surface area contributed by atoms with Gasteiger partial charge in [-0.1, -0.05) is 24.2 Å². The van der Waals surface area contributed by atoms with Gasteiger partial charge in [-0.15, -0.1) is 0 Å². The van der Waals surface area contributed by atoms with Crippen molar-refractivity contribution in [3.05, 3.63) is 112 Å². The van der Waals surface area contributed by atoms with Gasteiger partial charge in [0.25, 0.3) is 0 Å². The SMILES string of the molecule is C=C(/C=C(/F)C=NC)[C@@H](CC(=O)Nc1cncc(F)c1CC[C@@H]1CN(C(=O)OC(C)(C)C)[C@H](c2nc3cc(C)c(C)cc3[nH]2)CO1)c1ccc(Cl)c(F)c1. The number of H-pyrrole nitrogens is 1. The number of aliphatic imine (C=N–C) groups is 1. The molecule has 14 heteroatoms. The first-order valence-electron chi connectivity index (χ1n) is 17.5. The second-order valence-corrected chi connectivity index (χ2v) is 14.7. The Morgan fingerprint density at radius 1 is 1.19 bits per heavy atom. The minimum absolute atomic E-state index is 0.111. The minimum Gasteiger partial charge on any atom is -0.444 e. The third-order valence-corrected chi connectivity index (χ3v) is 9.39. The lowest BCUT2D eigenvalue weighted by Crippen LogP contribution is -2.49. The van der Waals surface area contributed by atoms with Crippen LogP contribution in [0.3, 0.4) is 0 Å². The zero-order chi connectivity index (χ0) is 39.3. The summed E-state index contributed by atoms with van der Waals surface area (Å²) in [5, 5.41) is 2.60. The number of rotatable bonds is 11. The van der Waals surface area contributed by atoms with Crippen molar-refractivity contribution >= 4 is 46.5 Å². The number of carbonyl (C=O) groups excluding carboxylic acids is 2. The van der Waals surface area contributed by atoms with Crippen molar-refractivity contribution in [3.8, 4) is 0 Å². The molecule has 5 rings (SSSR count). The fourth-order valence-corrected chi connectivity index (χ4v) is 6.35. The van der Waals surface area contributed by atoms with Crippen LogP contribution in [0.2, 0.25) is 5.02 Å². The van der Waals surface area contributed by atoms with E-state index < -0.39 is 53.1 Å². The van der Waals surface area contributed by atoms with Gasteiger partial charge in [-0.3, -0.25) is 19.7 Å². The number of aromatic nitrogens is 3. The Morgan fingerprint density at radius 2 is 1.93 bits per heavy atom. The number of aromatic amines is 1. The largest absolute Gasteiger partial charge is 0.444 e. The molecule has 1 fully saturated rings. The Morgan fingerprint density at radius 3 is 2.63 bits per heavy atom. The van der Waals surface area contributed by atoms with E-state index in [9.17, 15) is 18.4 Å². The molecule has 2 aromatic carbocycles. The van der Waals surface area contributed by atoms with E-state index in [1.807, 2.05) is 26.0 Å². The average molecular weight is 765 g/mol. The third-order valence-electron chi connectivity index (χ3n) is 9.08. The maximum Gasteiger partial charge on any atom is 0.411 e. The fourth-order valence-electron chi connectivity index (χ4n) is 6.23. The predicted molar refractivity (Wildman–Crippen MR) is 204 cm³/mol. The molecule has 4 aromatic rings. The van der Waals surface area contributed by atoms with Crippen molar-refractivity contribution in [2.75, 3.05) is 25.5 Å². The molecule has 1 saturated heterocycles. The highest BCUT2D eigenvalue weighted by Crippen LogP contribution is 2.33. The number of halogens is 4. The molecular weight excluding hydrogens is 721 g/mol. The van der Waals surface area contributed by atoms with Gasteiger partial charge in [0, 0.05) is 24.9 Å². The molecule has 2 amide bonds. The molecule has 0 saturated carbocycles. The molecule has 0 aliphatic carbocycles. The van der Waals surface area contributed by atoms with Gasteiger partial charge in [0.1, 0.15) is 34.9 Å². The van der Waals surface area contributed by atoms with E-state index in [1.54, 1.807) is 25.7 Å². The molecule has 54 heavy (non-hydrogen) atoms. The Balaban J connectivity index is 1.33. The number of morpholine rings is 1. The lowest BCUT2D eigenvalue weighted by molar-refractivity contribution is -0.116. The number of amides is 2. The van der Waals surface area contributed by atoms with Crippen LogP contribution in [-0.4, -0.2) is 70.0 Å². The van der Waals surface area contributed by atoms with Crippen molar-refractivity contribution in [1.82, 2.24) is 19.9 Å². The summed E-state index contributed by atoms with van der Waals surface area (Å²) in [6, 6.07) is 7.46. The van der Waals surface area contributed by atoms with Crippen LogP contribution >= 0.6 is 11.6 Å². The van der Waals surface area contributed by atoms with E-state index in [1.165, 1.54) is 25.4 Å². The van der Waals surface area contributed by atoms with Crippen LogP contribution in [0.25, 0.3) is 11.0 Å². The lowest BCUT2D eigenvalue weighted by atomic mass is 9.88. The second-order valence-electron chi connectivity index (χ2n) is 14.3. The number of fused-ring (bicyclic) bond motifs is 1. The smallest absolute Gasteiger partial charge is 0.411 e. The van der Waals surface area contributed by atoms with E-state index in [0.717, 1.165) is 46.7 Å². The van der Waals surface area contributed by atoms with E-state index in [-0.39, 0.29) is 54.3 Å². The first-order chi connectivity index (χ1) is 25.5. The maximum atomic E-state index is 15.4. The van der Waals surface area contributed by atoms with Gasteiger partial charge in [-0.2, -0.15) is 0 Å². The molecule has 0 unspecified atom stereocenters. The van der Waals surface area contributed by atoms with Crippen LogP contribution in [0, 0.1) is 25.5 Å².